The molecule has 6 rings (SSSR count). The van der Waals surface area contributed by atoms with Gasteiger partial charge in [0.1, 0.15) is 18.7 Å². The summed E-state index contributed by atoms with van der Waals surface area (Å²) in [4.78, 5) is 47.3. The summed E-state index contributed by atoms with van der Waals surface area (Å²) in [5, 5.41) is 7.09. The number of carbonyl (C=O) groups excluding carboxylic acids is 2. The predicted octanol–water partition coefficient (Wildman–Crippen LogP) is 2.71. The summed E-state index contributed by atoms with van der Waals surface area (Å²) in [5.74, 6) is -0.193. The van der Waals surface area contributed by atoms with Crippen LogP contribution in [0.25, 0.3) is 16.7 Å². The molecule has 4 aromatic rings. The topological polar surface area (TPSA) is 118 Å². The Bertz CT molecular complexity index is 1470. The largest absolute Gasteiger partial charge is 0.330 e. The Labute approximate surface area is 206 Å². The van der Waals surface area contributed by atoms with E-state index in [0.29, 0.717) is 38.0 Å². The fraction of sp³-hybridized carbons (Fsp3) is 0.346. The van der Waals surface area contributed by atoms with Gasteiger partial charge in [0.05, 0.1) is 16.7 Å². The van der Waals surface area contributed by atoms with Gasteiger partial charge in [0.2, 0.25) is 11.8 Å². The number of aromatic amines is 1. The van der Waals surface area contributed by atoms with E-state index in [0.717, 1.165) is 29.6 Å². The van der Waals surface area contributed by atoms with E-state index in [1.165, 1.54) is 6.33 Å². The number of imidazole rings is 1. The number of hydrogen-bond acceptors (Lipinski definition) is 5. The van der Waals surface area contributed by atoms with Gasteiger partial charge >= 0.3 is 5.69 Å². The van der Waals surface area contributed by atoms with Crippen LogP contribution >= 0.6 is 0 Å². The van der Waals surface area contributed by atoms with E-state index in [4.69, 9.17) is 0 Å². The molecule has 3 heterocycles. The second-order valence-corrected chi connectivity index (χ2v) is 9.82. The van der Waals surface area contributed by atoms with Crippen molar-refractivity contribution >= 4 is 28.5 Å². The van der Waals surface area contributed by atoms with Crippen LogP contribution in [-0.2, 0) is 16.1 Å². The van der Waals surface area contributed by atoms with Crippen molar-refractivity contribution in [3.8, 4) is 5.69 Å². The Morgan fingerprint density at radius 2 is 1.92 bits per heavy atom. The molecule has 0 bridgehead atoms. The molecule has 1 spiro atoms. The minimum absolute atomic E-state index is 0.0339. The minimum atomic E-state index is -0.481. The number of fused-ring (bicyclic) bond motifs is 1. The monoisotopic (exact) mass is 485 g/mol. The minimum Gasteiger partial charge on any atom is -0.330 e. The average Bonchev–Trinajstić information content (AvgIpc) is 3.21. The zero-order chi connectivity index (χ0) is 24.7. The van der Waals surface area contributed by atoms with Crippen molar-refractivity contribution in [3.63, 3.8) is 0 Å². The van der Waals surface area contributed by atoms with Crippen molar-refractivity contribution in [2.24, 2.45) is 5.41 Å². The Kier molecular flexibility index (Phi) is 5.43. The number of hydrogen-bond donors (Lipinski definition) is 2. The number of anilines is 1. The Balaban J connectivity index is 1.10. The van der Waals surface area contributed by atoms with Gasteiger partial charge < -0.3 is 15.2 Å². The summed E-state index contributed by atoms with van der Waals surface area (Å²) < 4.78 is 3.31. The third-order valence-electron chi connectivity index (χ3n) is 7.36. The van der Waals surface area contributed by atoms with E-state index < -0.39 is 6.04 Å². The molecule has 1 saturated carbocycles. The summed E-state index contributed by atoms with van der Waals surface area (Å²) in [5.41, 5.74) is 3.05. The summed E-state index contributed by atoms with van der Waals surface area (Å²) in [6.07, 6.45) is 6.70. The first kappa shape index (κ1) is 22.3. The number of amides is 2. The number of H-pyrrole nitrogens is 1. The van der Waals surface area contributed by atoms with Crippen LogP contribution in [-0.4, -0.2) is 53.6 Å². The van der Waals surface area contributed by atoms with E-state index in [1.54, 1.807) is 20.5 Å². The van der Waals surface area contributed by atoms with Gasteiger partial charge in [-0.3, -0.25) is 14.2 Å². The normalized spacial score (nSPS) is 18.1. The Morgan fingerprint density at radius 3 is 2.67 bits per heavy atom. The van der Waals surface area contributed by atoms with Crippen LogP contribution in [0.1, 0.15) is 32.1 Å². The van der Waals surface area contributed by atoms with Gasteiger partial charge in [-0.05, 0) is 67.5 Å². The summed E-state index contributed by atoms with van der Waals surface area (Å²) >= 11 is 0. The van der Waals surface area contributed by atoms with Crippen molar-refractivity contribution < 1.29 is 9.59 Å². The lowest BCUT2D eigenvalue weighted by Gasteiger charge is -2.24. The van der Waals surface area contributed by atoms with Crippen LogP contribution in [0.2, 0.25) is 0 Å². The molecule has 0 unspecified atom stereocenters. The maximum Gasteiger partial charge on any atom is 0.326 e. The van der Waals surface area contributed by atoms with Gasteiger partial charge in [-0.15, -0.1) is 0 Å². The van der Waals surface area contributed by atoms with Crippen molar-refractivity contribution in [2.75, 3.05) is 11.9 Å². The number of benzene rings is 2. The third-order valence-corrected chi connectivity index (χ3v) is 7.36. The quantitative estimate of drug-likeness (QED) is 0.417. The first-order chi connectivity index (χ1) is 17.5. The zero-order valence-electron chi connectivity index (χ0n) is 19.8. The fourth-order valence-corrected chi connectivity index (χ4v) is 5.22. The number of para-hydroxylation sites is 2. The van der Waals surface area contributed by atoms with Gasteiger partial charge in [0.25, 0.3) is 0 Å². The Morgan fingerprint density at radius 1 is 1.11 bits per heavy atom. The lowest BCUT2D eigenvalue weighted by atomic mass is 10.0. The molecule has 1 saturated heterocycles. The highest BCUT2D eigenvalue weighted by atomic mass is 16.2. The van der Waals surface area contributed by atoms with Crippen molar-refractivity contribution in [1.29, 1.82) is 0 Å². The second-order valence-electron chi connectivity index (χ2n) is 9.82. The SMILES string of the molecule is O=C(Nc1ccc(-n2cncn2)cc1)[C@@H]1CC2(CC2)CN1C(=O)CCCn1c(=O)[nH]c2ccccc21. The molecular formula is C26H27N7O3. The van der Waals surface area contributed by atoms with Gasteiger partial charge in [-0.2, -0.15) is 5.10 Å². The molecule has 36 heavy (non-hydrogen) atoms. The highest BCUT2D eigenvalue weighted by molar-refractivity contribution is 5.97. The molecule has 2 aromatic heterocycles. The Hall–Kier alpha value is -4.21. The molecule has 2 amide bonds. The number of aromatic nitrogens is 5. The molecule has 2 N–H and O–H groups in total. The first-order valence-corrected chi connectivity index (χ1v) is 12.2. The molecular weight excluding hydrogens is 458 g/mol. The molecule has 0 radical (unpaired) electrons. The average molecular weight is 486 g/mol. The fourth-order valence-electron chi connectivity index (χ4n) is 5.22. The molecule has 184 valence electrons. The maximum atomic E-state index is 13.2. The summed E-state index contributed by atoms with van der Waals surface area (Å²) in [7, 11) is 0. The number of nitrogens with one attached hydrogen (secondary N) is 2. The summed E-state index contributed by atoms with van der Waals surface area (Å²) in [6, 6.07) is 14.4. The van der Waals surface area contributed by atoms with Crippen LogP contribution in [0.3, 0.4) is 0 Å². The van der Waals surface area contributed by atoms with Crippen LogP contribution in [0.5, 0.6) is 0 Å². The van der Waals surface area contributed by atoms with E-state index in [-0.39, 0.29) is 22.9 Å². The third kappa shape index (κ3) is 4.19. The molecule has 2 aliphatic rings. The van der Waals surface area contributed by atoms with Gasteiger partial charge in [-0.25, -0.2) is 14.5 Å². The smallest absolute Gasteiger partial charge is 0.326 e. The zero-order valence-corrected chi connectivity index (χ0v) is 19.8. The second kappa shape index (κ2) is 8.78. The highest BCUT2D eigenvalue weighted by Gasteiger charge is 2.54. The number of carbonyl (C=O) groups is 2. The van der Waals surface area contributed by atoms with E-state index in [1.807, 2.05) is 48.5 Å². The molecule has 1 aliphatic heterocycles. The van der Waals surface area contributed by atoms with E-state index >= 15 is 0 Å². The molecule has 10 nitrogen and oxygen atoms in total. The number of likely N-dealkylation sites (tertiary alicyclic amines) is 1. The lowest BCUT2D eigenvalue weighted by Crippen LogP contribution is -2.43. The standard InChI is InChI=1S/C26H27N7O3/c34-23(6-3-13-31-21-5-2-1-4-20(21)30-25(31)36)32-15-26(11-12-26)14-22(32)24(35)29-18-7-9-19(10-8-18)33-17-27-16-28-33/h1-2,4-5,7-10,16-17,22H,3,6,11-15H2,(H,29,35)(H,30,36)/t22-/m0/s1. The molecule has 2 fully saturated rings. The van der Waals surface area contributed by atoms with Crippen LogP contribution in [0, 0.1) is 5.41 Å². The number of rotatable bonds is 7. The van der Waals surface area contributed by atoms with Gasteiger partial charge in [-0.1, -0.05) is 12.1 Å². The van der Waals surface area contributed by atoms with Crippen molar-refractivity contribution in [1.82, 2.24) is 29.2 Å². The van der Waals surface area contributed by atoms with Crippen LogP contribution < -0.4 is 11.0 Å². The van der Waals surface area contributed by atoms with Gasteiger partial charge in [0.15, 0.2) is 0 Å². The molecule has 2 aromatic carbocycles. The first-order valence-electron chi connectivity index (χ1n) is 12.2. The molecule has 10 heteroatoms. The van der Waals surface area contributed by atoms with Gasteiger partial charge in [0, 0.05) is 25.2 Å². The molecule has 1 atom stereocenters. The predicted molar refractivity (Wildman–Crippen MR) is 134 cm³/mol. The van der Waals surface area contributed by atoms with Crippen LogP contribution in [0.4, 0.5) is 5.69 Å². The maximum absolute atomic E-state index is 13.2. The number of nitrogens with zero attached hydrogens (tertiary/aromatic N) is 5. The van der Waals surface area contributed by atoms with Crippen molar-refractivity contribution in [3.05, 3.63) is 71.7 Å². The van der Waals surface area contributed by atoms with E-state index in [2.05, 4.69) is 20.4 Å². The number of aryl methyl sites for hydroxylation is 1. The highest BCUT2D eigenvalue weighted by Crippen LogP contribution is 2.55. The van der Waals surface area contributed by atoms with Crippen molar-refractivity contribution in [2.45, 2.75) is 44.7 Å². The lowest BCUT2D eigenvalue weighted by molar-refractivity contribution is -0.136. The van der Waals surface area contributed by atoms with E-state index in [9.17, 15) is 14.4 Å². The summed E-state index contributed by atoms with van der Waals surface area (Å²) in [6.45, 7) is 1.07. The van der Waals surface area contributed by atoms with Crippen LogP contribution in [0.15, 0.2) is 66.0 Å². The molecule has 1 aliphatic carbocycles.